The van der Waals surface area contributed by atoms with Crippen LogP contribution in [0, 0.1) is 5.92 Å². The van der Waals surface area contributed by atoms with Crippen molar-refractivity contribution < 1.29 is 14.6 Å². The van der Waals surface area contributed by atoms with E-state index in [-0.39, 0.29) is 5.92 Å². The molecule has 1 aromatic rings. The van der Waals surface area contributed by atoms with E-state index in [1.165, 1.54) is 12.0 Å². The van der Waals surface area contributed by atoms with Crippen LogP contribution in [0.2, 0.25) is 5.02 Å². The number of rotatable bonds is 4. The van der Waals surface area contributed by atoms with Crippen molar-refractivity contribution in [3.63, 3.8) is 0 Å². The standard InChI is InChI=1S/C18H26ClNO3/c1-18(21)7-9-23-12-14(18)16-4-3-8-20(16)11-13-5-6-17(22-2)15(19)10-13/h5-6,10,14,16,21H,3-4,7-9,11-12H2,1-2H3. The van der Waals surface area contributed by atoms with E-state index in [0.717, 1.165) is 25.9 Å². The number of aliphatic hydroxyl groups is 1. The van der Waals surface area contributed by atoms with Crippen molar-refractivity contribution in [1.29, 1.82) is 0 Å². The zero-order valence-corrected chi connectivity index (χ0v) is 14.7. The van der Waals surface area contributed by atoms with Crippen LogP contribution >= 0.6 is 11.6 Å². The molecule has 3 unspecified atom stereocenters. The van der Waals surface area contributed by atoms with Crippen molar-refractivity contribution in [3.05, 3.63) is 28.8 Å². The largest absolute Gasteiger partial charge is 0.495 e. The molecule has 2 heterocycles. The zero-order valence-electron chi connectivity index (χ0n) is 13.9. The second-order valence-corrected chi connectivity index (χ2v) is 7.34. The van der Waals surface area contributed by atoms with Crippen LogP contribution in [-0.2, 0) is 11.3 Å². The maximum Gasteiger partial charge on any atom is 0.137 e. The summed E-state index contributed by atoms with van der Waals surface area (Å²) < 4.78 is 10.9. The lowest BCUT2D eigenvalue weighted by Crippen LogP contribution is -2.52. The molecule has 2 aliphatic rings. The van der Waals surface area contributed by atoms with E-state index in [2.05, 4.69) is 11.0 Å². The highest BCUT2D eigenvalue weighted by atomic mass is 35.5. The van der Waals surface area contributed by atoms with Gasteiger partial charge in [-0.05, 0) is 50.4 Å². The van der Waals surface area contributed by atoms with E-state index in [1.807, 2.05) is 19.1 Å². The molecular formula is C18H26ClNO3. The van der Waals surface area contributed by atoms with Gasteiger partial charge < -0.3 is 14.6 Å². The molecule has 0 bridgehead atoms. The first kappa shape index (κ1) is 17.0. The Morgan fingerprint density at radius 1 is 1.48 bits per heavy atom. The highest BCUT2D eigenvalue weighted by molar-refractivity contribution is 6.32. The molecule has 2 saturated heterocycles. The number of ether oxygens (including phenoxy) is 2. The van der Waals surface area contributed by atoms with Crippen molar-refractivity contribution in [2.24, 2.45) is 5.92 Å². The molecular weight excluding hydrogens is 314 g/mol. The summed E-state index contributed by atoms with van der Waals surface area (Å²) in [5.41, 5.74) is 0.544. The summed E-state index contributed by atoms with van der Waals surface area (Å²) in [6.07, 6.45) is 3.01. The van der Waals surface area contributed by atoms with Crippen LogP contribution in [0.25, 0.3) is 0 Å². The molecule has 1 N–H and O–H groups in total. The normalized spacial score (nSPS) is 32.2. The lowest BCUT2D eigenvalue weighted by molar-refractivity contribution is -0.123. The van der Waals surface area contributed by atoms with Crippen molar-refractivity contribution >= 4 is 11.6 Å². The summed E-state index contributed by atoms with van der Waals surface area (Å²) in [6.45, 7) is 5.17. The molecule has 1 aromatic carbocycles. The minimum Gasteiger partial charge on any atom is -0.495 e. The fraction of sp³-hybridized carbons (Fsp3) is 0.667. The summed E-state index contributed by atoms with van der Waals surface area (Å²) in [6, 6.07) is 6.33. The summed E-state index contributed by atoms with van der Waals surface area (Å²) >= 11 is 6.24. The molecule has 5 heteroatoms. The fourth-order valence-electron chi connectivity index (χ4n) is 3.93. The fourth-order valence-corrected chi connectivity index (χ4v) is 4.21. The molecule has 0 saturated carbocycles. The van der Waals surface area contributed by atoms with Crippen LogP contribution in [0.4, 0.5) is 0 Å². The predicted molar refractivity (Wildman–Crippen MR) is 91.0 cm³/mol. The lowest BCUT2D eigenvalue weighted by atomic mass is 9.79. The van der Waals surface area contributed by atoms with Gasteiger partial charge in [0.25, 0.3) is 0 Å². The van der Waals surface area contributed by atoms with Crippen molar-refractivity contribution in [2.75, 3.05) is 26.9 Å². The van der Waals surface area contributed by atoms with E-state index in [4.69, 9.17) is 21.1 Å². The van der Waals surface area contributed by atoms with Crippen LogP contribution in [0.5, 0.6) is 5.75 Å². The van der Waals surface area contributed by atoms with Gasteiger partial charge in [-0.15, -0.1) is 0 Å². The number of benzene rings is 1. The SMILES string of the molecule is COc1ccc(CN2CCCC2C2COCCC2(C)O)cc1Cl. The number of nitrogens with zero attached hydrogens (tertiary/aromatic N) is 1. The van der Waals surface area contributed by atoms with Crippen molar-refractivity contribution in [1.82, 2.24) is 4.90 Å². The van der Waals surface area contributed by atoms with Gasteiger partial charge in [-0.2, -0.15) is 0 Å². The van der Waals surface area contributed by atoms with Crippen LogP contribution in [-0.4, -0.2) is 48.5 Å². The van der Waals surface area contributed by atoms with Crippen LogP contribution in [0.3, 0.4) is 0 Å². The second-order valence-electron chi connectivity index (χ2n) is 6.94. The Morgan fingerprint density at radius 3 is 3.00 bits per heavy atom. The Kier molecular flexibility index (Phi) is 5.16. The minimum atomic E-state index is -0.636. The third-order valence-electron chi connectivity index (χ3n) is 5.33. The monoisotopic (exact) mass is 339 g/mol. The third kappa shape index (κ3) is 3.66. The molecule has 23 heavy (non-hydrogen) atoms. The number of halogens is 1. The number of methoxy groups -OCH3 is 1. The Bertz CT molecular complexity index is 549. The third-order valence-corrected chi connectivity index (χ3v) is 5.62. The molecule has 2 fully saturated rings. The summed E-state index contributed by atoms with van der Waals surface area (Å²) in [5.74, 6) is 0.879. The molecule has 0 radical (unpaired) electrons. The Balaban J connectivity index is 1.73. The van der Waals surface area contributed by atoms with Crippen molar-refractivity contribution in [2.45, 2.75) is 44.4 Å². The molecule has 3 atom stereocenters. The molecule has 128 valence electrons. The van der Waals surface area contributed by atoms with Gasteiger partial charge in [0.15, 0.2) is 0 Å². The topological polar surface area (TPSA) is 41.9 Å². The molecule has 0 aliphatic carbocycles. The average molecular weight is 340 g/mol. The maximum absolute atomic E-state index is 10.7. The van der Waals surface area contributed by atoms with Gasteiger partial charge in [0.05, 0.1) is 24.3 Å². The molecule has 0 spiro atoms. The Morgan fingerprint density at radius 2 is 2.30 bits per heavy atom. The van der Waals surface area contributed by atoms with Crippen LogP contribution in [0.1, 0.15) is 31.7 Å². The zero-order chi connectivity index (χ0) is 16.4. The van der Waals surface area contributed by atoms with Crippen molar-refractivity contribution in [3.8, 4) is 5.75 Å². The van der Waals surface area contributed by atoms with E-state index in [1.54, 1.807) is 7.11 Å². The smallest absolute Gasteiger partial charge is 0.137 e. The highest BCUT2D eigenvalue weighted by Gasteiger charge is 2.43. The second kappa shape index (κ2) is 6.98. The summed E-state index contributed by atoms with van der Waals surface area (Å²) in [5, 5.41) is 11.4. The van der Waals surface area contributed by atoms with Crippen LogP contribution < -0.4 is 4.74 Å². The van der Waals surface area contributed by atoms with E-state index >= 15 is 0 Å². The predicted octanol–water partition coefficient (Wildman–Crippen LogP) is 3.10. The van der Waals surface area contributed by atoms with Gasteiger partial charge in [-0.1, -0.05) is 17.7 Å². The first-order chi connectivity index (χ1) is 11.0. The van der Waals surface area contributed by atoms with E-state index in [9.17, 15) is 5.11 Å². The van der Waals surface area contributed by atoms with E-state index in [0.29, 0.717) is 30.0 Å². The lowest BCUT2D eigenvalue weighted by Gasteiger charge is -2.43. The van der Waals surface area contributed by atoms with E-state index < -0.39 is 5.60 Å². The number of hydrogen-bond donors (Lipinski definition) is 1. The average Bonchev–Trinajstić information content (AvgIpc) is 2.95. The summed E-state index contributed by atoms with van der Waals surface area (Å²) in [7, 11) is 1.63. The highest BCUT2D eigenvalue weighted by Crippen LogP contribution is 2.37. The maximum atomic E-state index is 10.7. The Hall–Kier alpha value is -0.810. The molecule has 3 rings (SSSR count). The minimum absolute atomic E-state index is 0.174. The molecule has 2 aliphatic heterocycles. The quantitative estimate of drug-likeness (QED) is 0.915. The van der Waals surface area contributed by atoms with Gasteiger partial charge in [0.2, 0.25) is 0 Å². The van der Waals surface area contributed by atoms with Gasteiger partial charge in [0.1, 0.15) is 5.75 Å². The number of likely N-dealkylation sites (tertiary alicyclic amines) is 1. The summed E-state index contributed by atoms with van der Waals surface area (Å²) in [4.78, 5) is 2.46. The molecule has 4 nitrogen and oxygen atoms in total. The van der Waals surface area contributed by atoms with Gasteiger partial charge in [-0.3, -0.25) is 4.90 Å². The Labute approximate surface area is 143 Å². The van der Waals surface area contributed by atoms with Crippen LogP contribution in [0.15, 0.2) is 18.2 Å². The number of hydrogen-bond acceptors (Lipinski definition) is 4. The molecule has 0 amide bonds. The van der Waals surface area contributed by atoms with Gasteiger partial charge >= 0.3 is 0 Å². The first-order valence-electron chi connectivity index (χ1n) is 8.38. The van der Waals surface area contributed by atoms with Gasteiger partial charge in [-0.25, -0.2) is 0 Å². The van der Waals surface area contributed by atoms with Gasteiger partial charge in [0, 0.05) is 25.1 Å². The first-order valence-corrected chi connectivity index (χ1v) is 8.75. The molecule has 0 aromatic heterocycles.